The zero-order valence-electron chi connectivity index (χ0n) is 12.3. The molecular formula is C14H22F2IN3O. The summed E-state index contributed by atoms with van der Waals surface area (Å²) < 4.78 is 31.3. The zero-order chi connectivity index (χ0) is 14.8. The summed E-state index contributed by atoms with van der Waals surface area (Å²) in [5.74, 6) is -0.563. The number of halogens is 3. The molecule has 0 spiro atoms. The van der Waals surface area contributed by atoms with Crippen LogP contribution in [-0.4, -0.2) is 32.2 Å². The van der Waals surface area contributed by atoms with Crippen molar-refractivity contribution in [3.63, 3.8) is 0 Å². The van der Waals surface area contributed by atoms with Crippen molar-refractivity contribution in [2.24, 2.45) is 4.99 Å². The van der Waals surface area contributed by atoms with E-state index in [1.165, 1.54) is 12.1 Å². The van der Waals surface area contributed by atoms with Crippen LogP contribution in [-0.2, 0) is 0 Å². The highest BCUT2D eigenvalue weighted by Crippen LogP contribution is 2.17. The summed E-state index contributed by atoms with van der Waals surface area (Å²) in [7, 11) is 0. The molecule has 0 amide bonds. The minimum Gasteiger partial charge on any atom is -0.489 e. The van der Waals surface area contributed by atoms with Crippen LogP contribution >= 0.6 is 24.0 Å². The van der Waals surface area contributed by atoms with Crippen LogP contribution in [0, 0.1) is 11.6 Å². The molecule has 0 atom stereocenters. The van der Waals surface area contributed by atoms with E-state index in [-0.39, 0.29) is 36.3 Å². The Labute approximate surface area is 141 Å². The molecule has 21 heavy (non-hydrogen) atoms. The van der Waals surface area contributed by atoms with Gasteiger partial charge in [-0.05, 0) is 25.5 Å². The normalized spacial score (nSPS) is 10.8. The van der Waals surface area contributed by atoms with Gasteiger partial charge in [0.1, 0.15) is 12.4 Å². The van der Waals surface area contributed by atoms with Crippen molar-refractivity contribution < 1.29 is 13.5 Å². The third kappa shape index (κ3) is 8.03. The molecule has 0 saturated heterocycles. The molecule has 2 N–H and O–H groups in total. The van der Waals surface area contributed by atoms with E-state index in [1.54, 1.807) is 0 Å². The lowest BCUT2D eigenvalue weighted by molar-refractivity contribution is 0.304. The lowest BCUT2D eigenvalue weighted by Crippen LogP contribution is -2.39. The number of rotatable bonds is 7. The Hall–Kier alpha value is -1.12. The van der Waals surface area contributed by atoms with E-state index in [4.69, 9.17) is 4.74 Å². The lowest BCUT2D eigenvalue weighted by Gasteiger charge is -2.12. The fraction of sp³-hybridized carbons (Fsp3) is 0.500. The minimum atomic E-state index is -0.698. The number of benzene rings is 1. The van der Waals surface area contributed by atoms with E-state index >= 15 is 0 Å². The van der Waals surface area contributed by atoms with Gasteiger partial charge < -0.3 is 15.4 Å². The highest BCUT2D eigenvalue weighted by atomic mass is 127. The molecular weight excluding hydrogens is 391 g/mol. The average Bonchev–Trinajstić information content (AvgIpc) is 2.42. The second kappa shape index (κ2) is 11.5. The fourth-order valence-electron chi connectivity index (χ4n) is 1.49. The van der Waals surface area contributed by atoms with Crippen LogP contribution in [0.3, 0.4) is 0 Å². The first-order valence-electron chi connectivity index (χ1n) is 6.77. The molecule has 0 bridgehead atoms. The predicted octanol–water partition coefficient (Wildman–Crippen LogP) is 2.93. The predicted molar refractivity (Wildman–Crippen MR) is 91.5 cm³/mol. The first-order valence-corrected chi connectivity index (χ1v) is 6.77. The van der Waals surface area contributed by atoms with E-state index in [1.807, 2.05) is 13.8 Å². The average molecular weight is 413 g/mol. The standard InChI is InChI=1S/C14H21F2N3O.HI/c1-3-7-18-14(17-4-2)19-8-9-20-13-6-5-11(15)10-12(13)16;/h5-6,10H,3-4,7-9H2,1-2H3,(H2,17,18,19);1H. The van der Waals surface area contributed by atoms with Crippen molar-refractivity contribution >= 4 is 29.9 Å². The summed E-state index contributed by atoms with van der Waals surface area (Å²) in [6, 6.07) is 3.25. The van der Waals surface area contributed by atoms with Crippen molar-refractivity contribution in [1.29, 1.82) is 0 Å². The summed E-state index contributed by atoms with van der Waals surface area (Å²) in [5.41, 5.74) is 0. The molecule has 120 valence electrons. The first-order chi connectivity index (χ1) is 9.67. The number of hydrogen-bond donors (Lipinski definition) is 2. The summed E-state index contributed by atoms with van der Waals surface area (Å²) in [5, 5.41) is 6.17. The fourth-order valence-corrected chi connectivity index (χ4v) is 1.49. The molecule has 1 rings (SSSR count). The monoisotopic (exact) mass is 413 g/mol. The summed E-state index contributed by atoms with van der Waals surface area (Å²) >= 11 is 0. The van der Waals surface area contributed by atoms with Gasteiger partial charge in [-0.3, -0.25) is 4.99 Å². The maximum absolute atomic E-state index is 13.3. The highest BCUT2D eigenvalue weighted by Gasteiger charge is 2.04. The molecule has 0 aromatic heterocycles. The number of guanidine groups is 1. The van der Waals surface area contributed by atoms with Crippen molar-refractivity contribution in [3.8, 4) is 5.75 Å². The second-order valence-electron chi connectivity index (χ2n) is 4.11. The van der Waals surface area contributed by atoms with Gasteiger partial charge in [0.05, 0.1) is 6.54 Å². The van der Waals surface area contributed by atoms with E-state index in [0.29, 0.717) is 12.5 Å². The molecule has 7 heteroatoms. The molecule has 4 nitrogen and oxygen atoms in total. The number of aliphatic imine (C=N–C) groups is 1. The van der Waals surface area contributed by atoms with E-state index in [9.17, 15) is 8.78 Å². The molecule has 1 aromatic rings. The number of nitrogens with one attached hydrogen (secondary N) is 2. The topological polar surface area (TPSA) is 45.7 Å². The Balaban J connectivity index is 0.00000400. The Morgan fingerprint density at radius 1 is 1.24 bits per heavy atom. The molecule has 0 radical (unpaired) electrons. The Morgan fingerprint density at radius 2 is 2.00 bits per heavy atom. The van der Waals surface area contributed by atoms with Crippen LogP contribution in [0.4, 0.5) is 8.78 Å². The first kappa shape index (κ1) is 19.9. The summed E-state index contributed by atoms with van der Waals surface area (Å²) in [6.45, 7) is 6.28. The Kier molecular flexibility index (Phi) is 10.9. The van der Waals surface area contributed by atoms with Crippen LogP contribution < -0.4 is 15.4 Å². The maximum Gasteiger partial charge on any atom is 0.191 e. The van der Waals surface area contributed by atoms with Crippen LogP contribution in [0.5, 0.6) is 5.75 Å². The third-order valence-corrected chi connectivity index (χ3v) is 2.38. The number of ether oxygens (including phenoxy) is 1. The number of nitrogens with zero attached hydrogens (tertiary/aromatic N) is 1. The van der Waals surface area contributed by atoms with Crippen LogP contribution in [0.25, 0.3) is 0 Å². The molecule has 0 unspecified atom stereocenters. The van der Waals surface area contributed by atoms with Crippen LogP contribution in [0.2, 0.25) is 0 Å². The SMILES string of the molecule is CCCN=C(NCC)NCCOc1ccc(F)cc1F.I. The third-order valence-electron chi connectivity index (χ3n) is 2.38. The Bertz CT molecular complexity index is 444. The molecule has 0 saturated carbocycles. The summed E-state index contributed by atoms with van der Waals surface area (Å²) in [4.78, 5) is 4.32. The molecule has 0 aliphatic carbocycles. The molecule has 0 aliphatic rings. The van der Waals surface area contributed by atoms with Crippen molar-refractivity contribution in [2.75, 3.05) is 26.2 Å². The summed E-state index contributed by atoms with van der Waals surface area (Å²) in [6.07, 6.45) is 0.966. The highest BCUT2D eigenvalue weighted by molar-refractivity contribution is 14.0. The van der Waals surface area contributed by atoms with Gasteiger partial charge in [0.15, 0.2) is 17.5 Å². The van der Waals surface area contributed by atoms with Crippen LogP contribution in [0.15, 0.2) is 23.2 Å². The second-order valence-corrected chi connectivity index (χ2v) is 4.11. The van der Waals surface area contributed by atoms with Gasteiger partial charge >= 0.3 is 0 Å². The molecule has 0 aliphatic heterocycles. The largest absolute Gasteiger partial charge is 0.489 e. The van der Waals surface area contributed by atoms with Gasteiger partial charge in [-0.25, -0.2) is 8.78 Å². The van der Waals surface area contributed by atoms with Crippen molar-refractivity contribution in [2.45, 2.75) is 20.3 Å². The zero-order valence-corrected chi connectivity index (χ0v) is 14.6. The van der Waals surface area contributed by atoms with Crippen molar-refractivity contribution in [3.05, 3.63) is 29.8 Å². The minimum absolute atomic E-state index is 0. The molecule has 0 heterocycles. The van der Waals surface area contributed by atoms with Gasteiger partial charge in [0, 0.05) is 19.2 Å². The van der Waals surface area contributed by atoms with Gasteiger partial charge in [-0.2, -0.15) is 0 Å². The Morgan fingerprint density at radius 3 is 2.62 bits per heavy atom. The van der Waals surface area contributed by atoms with Crippen LogP contribution in [0.1, 0.15) is 20.3 Å². The number of hydrogen-bond acceptors (Lipinski definition) is 2. The van der Waals surface area contributed by atoms with Gasteiger partial charge in [0.2, 0.25) is 0 Å². The molecule has 0 fully saturated rings. The van der Waals surface area contributed by atoms with E-state index in [0.717, 1.165) is 25.6 Å². The van der Waals surface area contributed by atoms with Gasteiger partial charge in [-0.15, -0.1) is 24.0 Å². The maximum atomic E-state index is 13.3. The lowest BCUT2D eigenvalue weighted by atomic mass is 10.3. The van der Waals surface area contributed by atoms with Gasteiger partial charge in [-0.1, -0.05) is 6.92 Å². The van der Waals surface area contributed by atoms with Gasteiger partial charge in [0.25, 0.3) is 0 Å². The van der Waals surface area contributed by atoms with E-state index in [2.05, 4.69) is 15.6 Å². The quantitative estimate of drug-likeness (QED) is 0.313. The van der Waals surface area contributed by atoms with E-state index < -0.39 is 11.6 Å². The van der Waals surface area contributed by atoms with Crippen molar-refractivity contribution in [1.82, 2.24) is 10.6 Å². The molecule has 1 aromatic carbocycles. The smallest absolute Gasteiger partial charge is 0.191 e.